The van der Waals surface area contributed by atoms with Crippen molar-refractivity contribution < 1.29 is 0 Å². The highest BCUT2D eigenvalue weighted by Gasteiger charge is 2.25. The van der Waals surface area contributed by atoms with Gasteiger partial charge in [0.1, 0.15) is 17.6 Å². The maximum atomic E-state index is 9.06. The Hall–Kier alpha value is -2.45. The van der Waals surface area contributed by atoms with Crippen molar-refractivity contribution in [3.05, 3.63) is 54.0 Å². The lowest BCUT2D eigenvalue weighted by Gasteiger charge is -2.39. The van der Waals surface area contributed by atoms with Crippen LogP contribution in [0.3, 0.4) is 0 Å². The summed E-state index contributed by atoms with van der Waals surface area (Å²) in [4.78, 5) is 13.4. The van der Waals surface area contributed by atoms with Gasteiger partial charge in [0.25, 0.3) is 0 Å². The number of nitrogens with zero attached hydrogens (tertiary/aromatic N) is 5. The van der Waals surface area contributed by atoms with Crippen molar-refractivity contribution >= 4 is 5.82 Å². The molecule has 1 atom stereocenters. The van der Waals surface area contributed by atoms with Crippen molar-refractivity contribution in [3.63, 3.8) is 0 Å². The number of hydrogen-bond donors (Lipinski definition) is 0. The predicted molar refractivity (Wildman–Crippen MR) is 94.5 cm³/mol. The first kappa shape index (κ1) is 16.4. The van der Waals surface area contributed by atoms with E-state index in [0.29, 0.717) is 11.7 Å². The van der Waals surface area contributed by atoms with E-state index in [1.165, 1.54) is 12.0 Å². The first-order chi connectivity index (χ1) is 11.8. The number of aromatic nitrogens is 2. The molecule has 0 bridgehead atoms. The monoisotopic (exact) mass is 321 g/mol. The summed E-state index contributed by atoms with van der Waals surface area (Å²) >= 11 is 0. The molecule has 1 fully saturated rings. The maximum Gasteiger partial charge on any atom is 0.142 e. The van der Waals surface area contributed by atoms with Gasteiger partial charge >= 0.3 is 0 Å². The molecular weight excluding hydrogens is 298 g/mol. The highest BCUT2D eigenvalue weighted by atomic mass is 15.3. The molecule has 5 heteroatoms. The van der Waals surface area contributed by atoms with Crippen molar-refractivity contribution in [3.8, 4) is 6.07 Å². The lowest BCUT2D eigenvalue weighted by molar-refractivity contribution is 0.176. The number of pyridine rings is 2. The number of nitriles is 1. The highest BCUT2D eigenvalue weighted by molar-refractivity contribution is 5.42. The Bertz CT molecular complexity index is 694. The van der Waals surface area contributed by atoms with Crippen LogP contribution in [0.15, 0.2) is 42.7 Å². The molecule has 1 aliphatic rings. The molecule has 0 saturated carbocycles. The van der Waals surface area contributed by atoms with Crippen molar-refractivity contribution in [2.75, 3.05) is 24.5 Å². The van der Waals surface area contributed by atoms with E-state index in [2.05, 4.69) is 44.9 Å². The largest absolute Gasteiger partial charge is 0.355 e. The molecule has 0 radical (unpaired) electrons. The van der Waals surface area contributed by atoms with Gasteiger partial charge in [0, 0.05) is 38.1 Å². The summed E-state index contributed by atoms with van der Waals surface area (Å²) < 4.78 is 0. The molecule has 5 nitrogen and oxygen atoms in total. The predicted octanol–water partition coefficient (Wildman–Crippen LogP) is 2.84. The Kier molecular flexibility index (Phi) is 5.39. The quantitative estimate of drug-likeness (QED) is 0.847. The van der Waals surface area contributed by atoms with Gasteiger partial charge < -0.3 is 4.90 Å². The number of anilines is 1. The molecule has 0 aliphatic carbocycles. The summed E-state index contributed by atoms with van der Waals surface area (Å²) in [5.74, 6) is 0.915. The first-order valence-corrected chi connectivity index (χ1v) is 8.55. The van der Waals surface area contributed by atoms with Crippen molar-refractivity contribution in [2.45, 2.75) is 32.4 Å². The first-order valence-electron chi connectivity index (χ1n) is 8.55. The highest BCUT2D eigenvalue weighted by Crippen LogP contribution is 2.22. The third kappa shape index (κ3) is 3.90. The third-order valence-electron chi connectivity index (χ3n) is 4.63. The lowest BCUT2D eigenvalue weighted by Crippen LogP contribution is -2.48. The molecule has 1 aliphatic heterocycles. The van der Waals surface area contributed by atoms with E-state index < -0.39 is 0 Å². The van der Waals surface area contributed by atoms with Crippen molar-refractivity contribution in [1.29, 1.82) is 5.26 Å². The average Bonchev–Trinajstić information content (AvgIpc) is 2.67. The SMILES string of the molecule is CCN(Cc1ccncc1)[C@H]1CCCN(c2cccc(C#N)n2)C1. The molecule has 0 aromatic carbocycles. The molecule has 2 aromatic heterocycles. The minimum Gasteiger partial charge on any atom is -0.355 e. The van der Waals surface area contributed by atoms with Crippen LogP contribution in [0.5, 0.6) is 0 Å². The van der Waals surface area contributed by atoms with Crippen LogP contribution in [0, 0.1) is 11.3 Å². The smallest absolute Gasteiger partial charge is 0.142 e. The van der Waals surface area contributed by atoms with E-state index in [9.17, 15) is 0 Å². The minimum absolute atomic E-state index is 0.485. The summed E-state index contributed by atoms with van der Waals surface area (Å²) in [6.45, 7) is 6.15. The Balaban J connectivity index is 1.70. The van der Waals surface area contributed by atoms with Crippen molar-refractivity contribution in [2.24, 2.45) is 0 Å². The number of hydrogen-bond acceptors (Lipinski definition) is 5. The second kappa shape index (κ2) is 7.89. The fourth-order valence-corrected chi connectivity index (χ4v) is 3.34. The van der Waals surface area contributed by atoms with Gasteiger partial charge in [0.05, 0.1) is 0 Å². The minimum atomic E-state index is 0.485. The van der Waals surface area contributed by atoms with Crippen LogP contribution in [-0.2, 0) is 6.54 Å². The normalized spacial score (nSPS) is 17.7. The van der Waals surface area contributed by atoms with E-state index in [0.717, 1.165) is 38.4 Å². The molecule has 3 heterocycles. The molecule has 0 spiro atoms. The summed E-state index contributed by atoms with van der Waals surface area (Å²) in [7, 11) is 0. The summed E-state index contributed by atoms with van der Waals surface area (Å²) in [6.07, 6.45) is 6.06. The molecule has 2 aromatic rings. The second-order valence-corrected chi connectivity index (χ2v) is 6.15. The fraction of sp³-hybridized carbons (Fsp3) is 0.421. The maximum absolute atomic E-state index is 9.06. The Morgan fingerprint density at radius 1 is 1.29 bits per heavy atom. The molecule has 0 unspecified atom stereocenters. The zero-order valence-corrected chi connectivity index (χ0v) is 14.1. The van der Waals surface area contributed by atoms with Gasteiger partial charge in [-0.3, -0.25) is 9.88 Å². The molecular formula is C19H23N5. The van der Waals surface area contributed by atoms with Gasteiger partial charge in [-0.2, -0.15) is 5.26 Å². The van der Waals surface area contributed by atoms with Crippen LogP contribution in [0.25, 0.3) is 0 Å². The van der Waals surface area contributed by atoms with Gasteiger partial charge in [-0.1, -0.05) is 13.0 Å². The van der Waals surface area contributed by atoms with Crippen LogP contribution in [0.1, 0.15) is 31.0 Å². The van der Waals surface area contributed by atoms with Crippen LogP contribution in [0.4, 0.5) is 5.82 Å². The standard InChI is InChI=1S/C19H23N5/c1-2-23(14-16-8-10-21-11-9-16)18-6-4-12-24(15-18)19-7-3-5-17(13-20)22-19/h3,5,7-11,18H,2,4,6,12,14-15H2,1H3/t18-/m0/s1. The van der Waals surface area contributed by atoms with Gasteiger partial charge in [0.15, 0.2) is 0 Å². The Labute approximate surface area is 143 Å². The summed E-state index contributed by atoms with van der Waals surface area (Å²) in [6, 6.07) is 12.5. The van der Waals surface area contributed by atoms with Crippen LogP contribution < -0.4 is 4.90 Å². The van der Waals surface area contributed by atoms with Gasteiger partial charge in [-0.05, 0) is 49.2 Å². The van der Waals surface area contributed by atoms with E-state index in [-0.39, 0.29) is 0 Å². The van der Waals surface area contributed by atoms with E-state index in [1.807, 2.05) is 24.5 Å². The van der Waals surface area contributed by atoms with Crippen molar-refractivity contribution in [1.82, 2.24) is 14.9 Å². The molecule has 0 amide bonds. The lowest BCUT2D eigenvalue weighted by atomic mass is 10.0. The van der Waals surface area contributed by atoms with E-state index in [1.54, 1.807) is 6.07 Å². The van der Waals surface area contributed by atoms with Crippen LogP contribution in [0.2, 0.25) is 0 Å². The molecule has 124 valence electrons. The second-order valence-electron chi connectivity index (χ2n) is 6.15. The molecule has 1 saturated heterocycles. The van der Waals surface area contributed by atoms with Crippen LogP contribution in [-0.4, -0.2) is 40.5 Å². The third-order valence-corrected chi connectivity index (χ3v) is 4.63. The van der Waals surface area contributed by atoms with E-state index in [4.69, 9.17) is 5.26 Å². The number of likely N-dealkylation sites (N-methyl/N-ethyl adjacent to an activating group) is 1. The molecule has 0 N–H and O–H groups in total. The zero-order valence-electron chi connectivity index (χ0n) is 14.1. The van der Waals surface area contributed by atoms with E-state index >= 15 is 0 Å². The van der Waals surface area contributed by atoms with Gasteiger partial charge in [-0.15, -0.1) is 0 Å². The molecule has 3 rings (SSSR count). The average molecular weight is 321 g/mol. The summed E-state index contributed by atoms with van der Waals surface area (Å²) in [5.41, 5.74) is 1.78. The zero-order chi connectivity index (χ0) is 16.8. The Morgan fingerprint density at radius 3 is 2.88 bits per heavy atom. The van der Waals surface area contributed by atoms with Gasteiger partial charge in [0.2, 0.25) is 0 Å². The summed E-state index contributed by atoms with van der Waals surface area (Å²) in [5, 5.41) is 9.06. The Morgan fingerprint density at radius 2 is 2.12 bits per heavy atom. The van der Waals surface area contributed by atoms with Gasteiger partial charge in [-0.25, -0.2) is 4.98 Å². The number of rotatable bonds is 5. The molecule has 24 heavy (non-hydrogen) atoms. The van der Waals surface area contributed by atoms with Crippen LogP contribution >= 0.6 is 0 Å². The number of piperidine rings is 1. The topological polar surface area (TPSA) is 56.1 Å². The fourth-order valence-electron chi connectivity index (χ4n) is 3.34.